The number of anilines is 1. The molecule has 0 atom stereocenters. The van der Waals surface area contributed by atoms with Gasteiger partial charge in [-0.15, -0.1) is 0 Å². The molecular formula is C10H13Cl2NO4S2. The van der Waals surface area contributed by atoms with Gasteiger partial charge in [-0.1, -0.05) is 18.5 Å². The molecule has 0 aliphatic heterocycles. The minimum atomic E-state index is -3.91. The molecule has 1 rings (SSSR count). The summed E-state index contributed by atoms with van der Waals surface area (Å²) < 4.78 is 48.1. The molecule has 108 valence electrons. The van der Waals surface area contributed by atoms with Crippen molar-refractivity contribution in [2.75, 3.05) is 10.5 Å². The molecule has 0 amide bonds. The van der Waals surface area contributed by atoms with Crippen molar-refractivity contribution in [1.82, 2.24) is 0 Å². The van der Waals surface area contributed by atoms with Gasteiger partial charge in [0.1, 0.15) is 0 Å². The zero-order valence-electron chi connectivity index (χ0n) is 10.3. The predicted octanol–water partition coefficient (Wildman–Crippen LogP) is 2.73. The van der Waals surface area contributed by atoms with Gasteiger partial charge < -0.3 is 0 Å². The fourth-order valence-corrected chi connectivity index (χ4v) is 3.96. The highest BCUT2D eigenvalue weighted by atomic mass is 35.7. The molecule has 1 aromatic carbocycles. The van der Waals surface area contributed by atoms with Crippen LogP contribution in [-0.2, 0) is 19.1 Å². The number of sulfonamides is 1. The van der Waals surface area contributed by atoms with Crippen LogP contribution < -0.4 is 4.72 Å². The second-order valence-corrected chi connectivity index (χ2v) is 8.77. The Balaban J connectivity index is 3.26. The third-order valence-corrected chi connectivity index (χ3v) is 5.37. The van der Waals surface area contributed by atoms with E-state index in [0.29, 0.717) is 12.0 Å². The monoisotopic (exact) mass is 345 g/mol. The van der Waals surface area contributed by atoms with Gasteiger partial charge in [-0.2, -0.15) is 0 Å². The van der Waals surface area contributed by atoms with E-state index in [1.54, 1.807) is 13.8 Å². The summed E-state index contributed by atoms with van der Waals surface area (Å²) in [7, 11) is -2.19. The van der Waals surface area contributed by atoms with E-state index in [1.165, 1.54) is 6.07 Å². The van der Waals surface area contributed by atoms with E-state index in [9.17, 15) is 16.8 Å². The number of halogens is 2. The molecule has 0 aromatic heterocycles. The first-order valence-electron chi connectivity index (χ1n) is 5.32. The van der Waals surface area contributed by atoms with Crippen molar-refractivity contribution in [3.63, 3.8) is 0 Å². The Labute approximate surface area is 122 Å². The standard InChI is InChI=1S/C10H13Cl2NO4S2/c1-3-4-18(14,15)13-10-7(2)5-8(6-9(10)11)19(12,16)17/h5-6,13H,3-4H2,1-2H3. The highest BCUT2D eigenvalue weighted by molar-refractivity contribution is 8.13. The Morgan fingerprint density at radius 1 is 1.21 bits per heavy atom. The zero-order valence-corrected chi connectivity index (χ0v) is 13.4. The van der Waals surface area contributed by atoms with Crippen LogP contribution >= 0.6 is 22.3 Å². The molecule has 0 fully saturated rings. The van der Waals surface area contributed by atoms with Gasteiger partial charge in [-0.3, -0.25) is 4.72 Å². The summed E-state index contributed by atoms with van der Waals surface area (Å²) in [4.78, 5) is -0.171. The van der Waals surface area contributed by atoms with Gasteiger partial charge in [0.25, 0.3) is 9.05 Å². The summed E-state index contributed by atoms with van der Waals surface area (Å²) in [6.45, 7) is 3.28. The molecule has 0 saturated carbocycles. The Morgan fingerprint density at radius 3 is 2.21 bits per heavy atom. The normalized spacial score (nSPS) is 12.4. The summed E-state index contributed by atoms with van der Waals surface area (Å²) >= 11 is 5.90. The molecule has 0 aliphatic carbocycles. The highest BCUT2D eigenvalue weighted by Crippen LogP contribution is 2.31. The lowest BCUT2D eigenvalue weighted by Gasteiger charge is -2.12. The van der Waals surface area contributed by atoms with E-state index in [2.05, 4.69) is 4.72 Å². The van der Waals surface area contributed by atoms with Gasteiger partial charge in [0, 0.05) is 10.7 Å². The fraction of sp³-hybridized carbons (Fsp3) is 0.400. The van der Waals surface area contributed by atoms with Gasteiger partial charge >= 0.3 is 0 Å². The first-order valence-corrected chi connectivity index (χ1v) is 9.66. The number of hydrogen-bond donors (Lipinski definition) is 1. The molecule has 0 heterocycles. The Hall–Kier alpha value is -0.500. The third kappa shape index (κ3) is 4.52. The topological polar surface area (TPSA) is 80.3 Å². The van der Waals surface area contributed by atoms with Crippen LogP contribution in [0.1, 0.15) is 18.9 Å². The predicted molar refractivity (Wildman–Crippen MR) is 76.9 cm³/mol. The van der Waals surface area contributed by atoms with Gasteiger partial charge in [0.15, 0.2) is 0 Å². The summed E-state index contributed by atoms with van der Waals surface area (Å²) in [5.41, 5.74) is 0.547. The Bertz CT molecular complexity index is 660. The average molecular weight is 346 g/mol. The molecule has 0 bridgehead atoms. The Kier molecular flexibility index (Phi) is 5.11. The molecule has 1 N–H and O–H groups in total. The number of rotatable bonds is 5. The molecule has 9 heteroatoms. The maximum atomic E-state index is 11.7. The van der Waals surface area contributed by atoms with Crippen LogP contribution in [0, 0.1) is 6.92 Å². The smallest absolute Gasteiger partial charge is 0.261 e. The van der Waals surface area contributed by atoms with Crippen LogP contribution in [0.4, 0.5) is 5.69 Å². The molecule has 0 aliphatic rings. The van der Waals surface area contributed by atoms with Crippen molar-refractivity contribution in [2.45, 2.75) is 25.2 Å². The molecule has 0 unspecified atom stereocenters. The largest absolute Gasteiger partial charge is 0.282 e. The summed E-state index contributed by atoms with van der Waals surface area (Å²) in [6.07, 6.45) is 0.458. The van der Waals surface area contributed by atoms with Crippen LogP contribution in [0.25, 0.3) is 0 Å². The van der Waals surface area contributed by atoms with Crippen molar-refractivity contribution >= 4 is 47.0 Å². The molecule has 0 radical (unpaired) electrons. The van der Waals surface area contributed by atoms with Gasteiger partial charge in [0.05, 0.1) is 21.4 Å². The van der Waals surface area contributed by atoms with Crippen molar-refractivity contribution in [1.29, 1.82) is 0 Å². The SMILES string of the molecule is CCCS(=O)(=O)Nc1c(C)cc(S(=O)(=O)Cl)cc1Cl. The second kappa shape index (κ2) is 5.87. The highest BCUT2D eigenvalue weighted by Gasteiger charge is 2.18. The lowest BCUT2D eigenvalue weighted by Crippen LogP contribution is -2.17. The van der Waals surface area contributed by atoms with Gasteiger partial charge in [-0.25, -0.2) is 16.8 Å². The number of nitrogens with one attached hydrogen (secondary N) is 1. The summed E-state index contributed by atoms with van der Waals surface area (Å²) in [5, 5.41) is -0.0149. The first kappa shape index (κ1) is 16.6. The quantitative estimate of drug-likeness (QED) is 0.832. The van der Waals surface area contributed by atoms with Gasteiger partial charge in [0.2, 0.25) is 10.0 Å². The van der Waals surface area contributed by atoms with E-state index >= 15 is 0 Å². The molecule has 19 heavy (non-hydrogen) atoms. The third-order valence-electron chi connectivity index (χ3n) is 2.27. The number of hydrogen-bond acceptors (Lipinski definition) is 4. The molecule has 0 saturated heterocycles. The summed E-state index contributed by atoms with van der Waals surface area (Å²) in [6, 6.07) is 2.37. The van der Waals surface area contributed by atoms with E-state index < -0.39 is 19.1 Å². The zero-order chi connectivity index (χ0) is 14.8. The van der Waals surface area contributed by atoms with Crippen LogP contribution in [0.2, 0.25) is 5.02 Å². The summed E-state index contributed by atoms with van der Waals surface area (Å²) in [5.74, 6) is -0.0433. The van der Waals surface area contributed by atoms with E-state index in [-0.39, 0.29) is 21.4 Å². The molecule has 5 nitrogen and oxygen atoms in total. The fourth-order valence-electron chi connectivity index (χ4n) is 1.46. The maximum Gasteiger partial charge on any atom is 0.261 e. The van der Waals surface area contributed by atoms with Crippen molar-refractivity contribution in [3.8, 4) is 0 Å². The number of aryl methyl sites for hydroxylation is 1. The molecule has 1 aromatic rings. The van der Waals surface area contributed by atoms with Crippen LogP contribution in [0.3, 0.4) is 0 Å². The average Bonchev–Trinajstić information content (AvgIpc) is 2.21. The molecular weight excluding hydrogens is 333 g/mol. The van der Waals surface area contributed by atoms with E-state index in [4.69, 9.17) is 22.3 Å². The van der Waals surface area contributed by atoms with Crippen molar-refractivity contribution < 1.29 is 16.8 Å². The van der Waals surface area contributed by atoms with Crippen molar-refractivity contribution in [3.05, 3.63) is 22.7 Å². The lowest BCUT2D eigenvalue weighted by molar-refractivity contribution is 0.599. The molecule has 0 spiro atoms. The minimum Gasteiger partial charge on any atom is -0.282 e. The van der Waals surface area contributed by atoms with Crippen LogP contribution in [-0.4, -0.2) is 22.6 Å². The number of benzene rings is 1. The maximum absolute atomic E-state index is 11.7. The second-order valence-electron chi connectivity index (χ2n) is 3.96. The van der Waals surface area contributed by atoms with Crippen LogP contribution in [0.15, 0.2) is 17.0 Å². The Morgan fingerprint density at radius 2 is 1.79 bits per heavy atom. The van der Waals surface area contributed by atoms with E-state index in [0.717, 1.165) is 6.07 Å². The lowest BCUT2D eigenvalue weighted by atomic mass is 10.2. The van der Waals surface area contributed by atoms with Gasteiger partial charge in [-0.05, 0) is 31.0 Å². The minimum absolute atomic E-state index is 0.0149. The first-order chi connectivity index (χ1) is 8.57. The van der Waals surface area contributed by atoms with Crippen LogP contribution in [0.5, 0.6) is 0 Å². The van der Waals surface area contributed by atoms with E-state index in [1.807, 2.05) is 0 Å². The van der Waals surface area contributed by atoms with Crippen molar-refractivity contribution in [2.24, 2.45) is 0 Å².